The van der Waals surface area contributed by atoms with Crippen LogP contribution in [0.1, 0.15) is 40.5 Å². The van der Waals surface area contributed by atoms with E-state index in [0.717, 1.165) is 24.1 Å². The maximum absolute atomic E-state index is 13.2. The van der Waals surface area contributed by atoms with Crippen LogP contribution in [0.5, 0.6) is 0 Å². The Morgan fingerprint density at radius 1 is 1.13 bits per heavy atom. The van der Waals surface area contributed by atoms with Crippen molar-refractivity contribution in [1.29, 1.82) is 0 Å². The number of rotatable bonds is 7. The number of thioether (sulfide) groups is 1. The summed E-state index contributed by atoms with van der Waals surface area (Å²) in [5, 5.41) is 4.14. The van der Waals surface area contributed by atoms with E-state index in [-0.39, 0.29) is 11.8 Å². The Morgan fingerprint density at radius 2 is 1.84 bits per heavy atom. The number of fused-ring (bicyclic) bond motifs is 1. The quantitative estimate of drug-likeness (QED) is 0.570. The summed E-state index contributed by atoms with van der Waals surface area (Å²) < 4.78 is 1.22. The van der Waals surface area contributed by atoms with Crippen LogP contribution in [0.15, 0.2) is 54.6 Å². The third-order valence-electron chi connectivity index (χ3n) is 5.72. The number of carbonyl (C=O) groups excluding carboxylic acids is 2. The number of carbonyl (C=O) groups is 2. The molecule has 2 heterocycles. The SMILES string of the molecule is CSCC[C@H](NC(=O)c1ccccc1)C(=O)N1CCC(c2nc3ccccc3s2)CC1. The second-order valence-electron chi connectivity index (χ2n) is 7.79. The van der Waals surface area contributed by atoms with Crippen molar-refractivity contribution in [2.45, 2.75) is 31.2 Å². The summed E-state index contributed by atoms with van der Waals surface area (Å²) >= 11 is 3.45. The smallest absolute Gasteiger partial charge is 0.251 e. The number of aromatic nitrogens is 1. The third-order valence-corrected chi connectivity index (χ3v) is 7.56. The van der Waals surface area contributed by atoms with E-state index in [1.54, 1.807) is 35.2 Å². The standard InChI is InChI=1S/C24H27N3O2S2/c1-30-16-13-20(25-22(28)17-7-3-2-4-8-17)24(29)27-14-11-18(12-15-27)23-26-19-9-5-6-10-21(19)31-23/h2-10,18,20H,11-16H2,1H3,(H,25,28)/t20-/m0/s1. The highest BCUT2D eigenvalue weighted by molar-refractivity contribution is 7.98. The molecule has 31 heavy (non-hydrogen) atoms. The number of thiazole rings is 1. The van der Waals surface area contributed by atoms with Crippen LogP contribution < -0.4 is 5.32 Å². The fraction of sp³-hybridized carbons (Fsp3) is 0.375. The first-order chi connectivity index (χ1) is 15.2. The maximum atomic E-state index is 13.2. The molecule has 2 amide bonds. The number of nitrogens with one attached hydrogen (secondary N) is 1. The van der Waals surface area contributed by atoms with Crippen LogP contribution in [0.25, 0.3) is 10.2 Å². The first kappa shape index (κ1) is 21.8. The molecule has 1 aliphatic heterocycles. The van der Waals surface area contributed by atoms with Crippen molar-refractivity contribution in [2.75, 3.05) is 25.1 Å². The number of hydrogen-bond donors (Lipinski definition) is 1. The van der Waals surface area contributed by atoms with Crippen molar-refractivity contribution in [3.63, 3.8) is 0 Å². The van der Waals surface area contributed by atoms with Gasteiger partial charge in [0.2, 0.25) is 5.91 Å². The summed E-state index contributed by atoms with van der Waals surface area (Å²) in [4.78, 5) is 32.6. The first-order valence-electron chi connectivity index (χ1n) is 10.6. The topological polar surface area (TPSA) is 62.3 Å². The van der Waals surface area contributed by atoms with Gasteiger partial charge < -0.3 is 10.2 Å². The number of hydrogen-bond acceptors (Lipinski definition) is 5. The average molecular weight is 454 g/mol. The van der Waals surface area contributed by atoms with E-state index >= 15 is 0 Å². The lowest BCUT2D eigenvalue weighted by Crippen LogP contribution is -2.50. The zero-order chi connectivity index (χ0) is 21.6. The predicted octanol–water partition coefficient (Wildman–Crippen LogP) is 4.55. The van der Waals surface area contributed by atoms with Gasteiger partial charge in [-0.25, -0.2) is 4.98 Å². The minimum absolute atomic E-state index is 0.0288. The Hall–Kier alpha value is -2.38. The first-order valence-corrected chi connectivity index (χ1v) is 12.9. The molecule has 7 heteroatoms. The summed E-state index contributed by atoms with van der Waals surface area (Å²) in [6.07, 6.45) is 4.47. The molecule has 0 saturated carbocycles. The Kier molecular flexibility index (Phi) is 7.25. The Labute approximate surface area is 191 Å². The molecule has 1 fully saturated rings. The molecule has 1 aliphatic rings. The number of nitrogens with zero attached hydrogens (tertiary/aromatic N) is 2. The molecule has 1 saturated heterocycles. The lowest BCUT2D eigenvalue weighted by molar-refractivity contribution is -0.134. The van der Waals surface area contributed by atoms with Gasteiger partial charge in [0, 0.05) is 24.6 Å². The van der Waals surface area contributed by atoms with E-state index in [1.807, 2.05) is 41.5 Å². The highest BCUT2D eigenvalue weighted by Gasteiger charge is 2.30. The van der Waals surface area contributed by atoms with Gasteiger partial charge in [-0.1, -0.05) is 30.3 Å². The van der Waals surface area contributed by atoms with Gasteiger partial charge >= 0.3 is 0 Å². The van der Waals surface area contributed by atoms with E-state index in [4.69, 9.17) is 4.98 Å². The van der Waals surface area contributed by atoms with Crippen molar-refractivity contribution < 1.29 is 9.59 Å². The van der Waals surface area contributed by atoms with E-state index in [0.29, 0.717) is 31.0 Å². The van der Waals surface area contributed by atoms with Crippen LogP contribution in [0, 0.1) is 0 Å². The minimum Gasteiger partial charge on any atom is -0.341 e. The third kappa shape index (κ3) is 5.28. The molecule has 1 aromatic heterocycles. The Morgan fingerprint density at radius 3 is 2.55 bits per heavy atom. The van der Waals surface area contributed by atoms with Crippen LogP contribution in [0.3, 0.4) is 0 Å². The Balaban J connectivity index is 1.39. The number of likely N-dealkylation sites (tertiary alicyclic amines) is 1. The summed E-state index contributed by atoms with van der Waals surface area (Å²) in [6, 6.07) is 16.8. The number of piperidine rings is 1. The lowest BCUT2D eigenvalue weighted by Gasteiger charge is -2.33. The monoisotopic (exact) mass is 453 g/mol. The van der Waals surface area contributed by atoms with E-state index in [1.165, 1.54) is 9.71 Å². The molecule has 1 N–H and O–H groups in total. The number of amides is 2. The molecular weight excluding hydrogens is 426 g/mol. The largest absolute Gasteiger partial charge is 0.341 e. The lowest BCUT2D eigenvalue weighted by atomic mass is 9.96. The fourth-order valence-electron chi connectivity index (χ4n) is 3.96. The van der Waals surface area contributed by atoms with Crippen LogP contribution in [-0.4, -0.2) is 52.8 Å². The normalized spacial score (nSPS) is 15.7. The molecular formula is C24H27N3O2S2. The van der Waals surface area contributed by atoms with Gasteiger partial charge in [-0.15, -0.1) is 11.3 Å². The molecule has 2 aromatic carbocycles. The molecule has 5 nitrogen and oxygen atoms in total. The molecule has 4 rings (SSSR count). The van der Waals surface area contributed by atoms with Gasteiger partial charge in [0.25, 0.3) is 5.91 Å². The zero-order valence-electron chi connectivity index (χ0n) is 17.6. The van der Waals surface area contributed by atoms with Gasteiger partial charge in [-0.2, -0.15) is 11.8 Å². The summed E-state index contributed by atoms with van der Waals surface area (Å²) in [5.74, 6) is 1.06. The second kappa shape index (κ2) is 10.3. The van der Waals surface area contributed by atoms with Crippen LogP contribution in [0.4, 0.5) is 0 Å². The van der Waals surface area contributed by atoms with Crippen molar-refractivity contribution >= 4 is 45.1 Å². The average Bonchev–Trinajstić information content (AvgIpc) is 3.26. The molecule has 3 aromatic rings. The highest BCUT2D eigenvalue weighted by Crippen LogP contribution is 2.34. The van der Waals surface area contributed by atoms with Gasteiger partial charge in [0.05, 0.1) is 15.2 Å². The van der Waals surface area contributed by atoms with Crippen molar-refractivity contribution in [1.82, 2.24) is 15.2 Å². The molecule has 162 valence electrons. The summed E-state index contributed by atoms with van der Waals surface area (Å²) in [5.41, 5.74) is 1.64. The van der Waals surface area contributed by atoms with Gasteiger partial charge in [-0.3, -0.25) is 9.59 Å². The fourth-order valence-corrected chi connectivity index (χ4v) is 5.56. The molecule has 0 unspecified atom stereocenters. The summed E-state index contributed by atoms with van der Waals surface area (Å²) in [6.45, 7) is 1.41. The molecule has 0 spiro atoms. The molecule has 1 atom stereocenters. The molecule has 0 bridgehead atoms. The summed E-state index contributed by atoms with van der Waals surface area (Å²) in [7, 11) is 0. The van der Waals surface area contributed by atoms with E-state index in [9.17, 15) is 9.59 Å². The van der Waals surface area contributed by atoms with Gasteiger partial charge in [0.1, 0.15) is 6.04 Å². The highest BCUT2D eigenvalue weighted by atomic mass is 32.2. The van der Waals surface area contributed by atoms with Gasteiger partial charge in [0.15, 0.2) is 0 Å². The maximum Gasteiger partial charge on any atom is 0.251 e. The van der Waals surface area contributed by atoms with Crippen LogP contribution in [-0.2, 0) is 4.79 Å². The Bertz CT molecular complexity index is 996. The molecule has 0 aliphatic carbocycles. The second-order valence-corrected chi connectivity index (χ2v) is 9.84. The van der Waals surface area contributed by atoms with Crippen molar-refractivity contribution in [2.24, 2.45) is 0 Å². The van der Waals surface area contributed by atoms with Crippen LogP contribution >= 0.6 is 23.1 Å². The minimum atomic E-state index is -0.487. The molecule has 0 radical (unpaired) electrons. The number of benzene rings is 2. The van der Waals surface area contributed by atoms with Gasteiger partial charge in [-0.05, 0) is 55.5 Å². The van der Waals surface area contributed by atoms with E-state index in [2.05, 4.69) is 17.4 Å². The van der Waals surface area contributed by atoms with E-state index < -0.39 is 6.04 Å². The predicted molar refractivity (Wildman–Crippen MR) is 129 cm³/mol. The van der Waals surface area contributed by atoms with Crippen molar-refractivity contribution in [3.05, 3.63) is 65.2 Å². The number of para-hydroxylation sites is 1. The van der Waals surface area contributed by atoms with Crippen LogP contribution in [0.2, 0.25) is 0 Å². The zero-order valence-corrected chi connectivity index (χ0v) is 19.3. The van der Waals surface area contributed by atoms with Crippen molar-refractivity contribution in [3.8, 4) is 0 Å².